The molecule has 64 valence electrons. The monoisotopic (exact) mass is 160 g/mol. The predicted octanol–water partition coefficient (Wildman–Crippen LogP) is 0.804. The lowest BCUT2D eigenvalue weighted by Crippen LogP contribution is -1.95. The van der Waals surface area contributed by atoms with Crippen molar-refractivity contribution in [2.45, 2.75) is 25.7 Å². The molecule has 11 heavy (non-hydrogen) atoms. The minimum atomic E-state index is -0.777. The topological polar surface area (TPSA) is 63.6 Å². The highest BCUT2D eigenvalue weighted by Gasteiger charge is 1.95. The third-order valence-electron chi connectivity index (χ3n) is 1.22. The molecule has 0 fully saturated rings. The van der Waals surface area contributed by atoms with Crippen molar-refractivity contribution in [2.75, 3.05) is 6.61 Å². The lowest BCUT2D eigenvalue weighted by Gasteiger charge is -1.96. The molecule has 4 nitrogen and oxygen atoms in total. The van der Waals surface area contributed by atoms with E-state index in [9.17, 15) is 9.59 Å². The molecule has 0 aliphatic rings. The first-order valence-electron chi connectivity index (χ1n) is 3.54. The summed E-state index contributed by atoms with van der Waals surface area (Å²) in [7, 11) is 0. The van der Waals surface area contributed by atoms with Crippen molar-refractivity contribution < 1.29 is 19.4 Å². The zero-order valence-corrected chi connectivity index (χ0v) is 6.28. The smallest absolute Gasteiger partial charge is 0.303 e. The third-order valence-corrected chi connectivity index (χ3v) is 1.22. The van der Waals surface area contributed by atoms with E-state index in [4.69, 9.17) is 5.11 Å². The Morgan fingerprint density at radius 2 is 2.09 bits per heavy atom. The van der Waals surface area contributed by atoms with Gasteiger partial charge in [0, 0.05) is 6.42 Å². The maximum atomic E-state index is 10.0. The molecule has 0 bridgehead atoms. The fourth-order valence-electron chi connectivity index (χ4n) is 0.687. The highest BCUT2D eigenvalue weighted by molar-refractivity contribution is 5.66. The Balaban J connectivity index is 2.90. The van der Waals surface area contributed by atoms with Crippen molar-refractivity contribution in [3.63, 3.8) is 0 Å². The van der Waals surface area contributed by atoms with E-state index in [-0.39, 0.29) is 6.42 Å². The normalized spacial score (nSPS) is 9.09. The summed E-state index contributed by atoms with van der Waals surface area (Å²) < 4.78 is 4.41. The van der Waals surface area contributed by atoms with Gasteiger partial charge in [-0.05, 0) is 19.3 Å². The van der Waals surface area contributed by atoms with Gasteiger partial charge in [-0.2, -0.15) is 0 Å². The second kappa shape index (κ2) is 7.05. The van der Waals surface area contributed by atoms with Gasteiger partial charge in [-0.1, -0.05) is 0 Å². The fraction of sp³-hybridized carbons (Fsp3) is 0.714. The Kier molecular flexibility index (Phi) is 6.37. The zero-order chi connectivity index (χ0) is 8.53. The lowest BCUT2D eigenvalue weighted by molar-refractivity contribution is -0.137. The van der Waals surface area contributed by atoms with Crippen LogP contribution in [0.3, 0.4) is 0 Å². The van der Waals surface area contributed by atoms with Crippen molar-refractivity contribution >= 4 is 12.4 Å². The van der Waals surface area contributed by atoms with Crippen molar-refractivity contribution in [2.24, 2.45) is 0 Å². The first-order valence-corrected chi connectivity index (χ1v) is 3.54. The third kappa shape index (κ3) is 8.94. The van der Waals surface area contributed by atoms with Crippen LogP contribution in [0, 0.1) is 0 Å². The molecule has 0 unspecified atom stereocenters. The van der Waals surface area contributed by atoms with E-state index >= 15 is 0 Å². The van der Waals surface area contributed by atoms with Crippen LogP contribution >= 0.6 is 0 Å². The van der Waals surface area contributed by atoms with Gasteiger partial charge in [0.1, 0.15) is 0 Å². The largest absolute Gasteiger partial charge is 0.481 e. The Labute approximate surface area is 65.2 Å². The van der Waals surface area contributed by atoms with Crippen molar-refractivity contribution in [1.29, 1.82) is 0 Å². The number of carboxylic acids is 1. The maximum Gasteiger partial charge on any atom is 0.303 e. The van der Waals surface area contributed by atoms with Crippen molar-refractivity contribution in [3.05, 3.63) is 0 Å². The van der Waals surface area contributed by atoms with E-state index in [2.05, 4.69) is 4.74 Å². The number of ether oxygens (including phenoxy) is 1. The van der Waals surface area contributed by atoms with Crippen LogP contribution in [0.15, 0.2) is 0 Å². The molecule has 0 saturated heterocycles. The number of unbranched alkanes of at least 4 members (excludes halogenated alkanes) is 2. The van der Waals surface area contributed by atoms with Gasteiger partial charge in [-0.25, -0.2) is 0 Å². The van der Waals surface area contributed by atoms with Gasteiger partial charge in [0.2, 0.25) is 0 Å². The van der Waals surface area contributed by atoms with Crippen molar-refractivity contribution in [1.82, 2.24) is 0 Å². The Morgan fingerprint density at radius 3 is 2.64 bits per heavy atom. The number of rotatable bonds is 7. The molecule has 0 aliphatic heterocycles. The molecule has 0 saturated carbocycles. The molecule has 4 heteroatoms. The van der Waals surface area contributed by atoms with Gasteiger partial charge >= 0.3 is 5.97 Å². The van der Waals surface area contributed by atoms with Crippen LogP contribution in [0.25, 0.3) is 0 Å². The average molecular weight is 160 g/mol. The standard InChI is InChI=1S/C7H12O4/c8-6-11-5-3-1-2-4-7(9)10/h6H,1-5H2,(H,9,10). The number of carboxylic acid groups (broad SMARTS) is 1. The molecule has 0 spiro atoms. The van der Waals surface area contributed by atoms with Gasteiger partial charge < -0.3 is 9.84 Å². The number of carbonyl (C=O) groups excluding carboxylic acids is 1. The van der Waals surface area contributed by atoms with Gasteiger partial charge in [0.15, 0.2) is 0 Å². The average Bonchev–Trinajstić information content (AvgIpc) is 1.96. The maximum absolute atomic E-state index is 10.0. The number of hydrogen-bond donors (Lipinski definition) is 1. The Bertz CT molecular complexity index is 122. The molecule has 1 N–H and O–H groups in total. The second-order valence-electron chi connectivity index (χ2n) is 2.17. The van der Waals surface area contributed by atoms with Crippen LogP contribution < -0.4 is 0 Å². The Morgan fingerprint density at radius 1 is 1.36 bits per heavy atom. The zero-order valence-electron chi connectivity index (χ0n) is 6.28. The van der Waals surface area contributed by atoms with Crippen LogP contribution in [0.4, 0.5) is 0 Å². The number of aliphatic carboxylic acids is 1. The fourth-order valence-corrected chi connectivity index (χ4v) is 0.687. The highest BCUT2D eigenvalue weighted by Crippen LogP contribution is 1.99. The first-order chi connectivity index (χ1) is 5.27. The lowest BCUT2D eigenvalue weighted by atomic mass is 10.2. The summed E-state index contributed by atoms with van der Waals surface area (Å²) in [5.74, 6) is -0.777. The first kappa shape index (κ1) is 9.94. The second-order valence-corrected chi connectivity index (χ2v) is 2.17. The molecule has 0 aromatic heterocycles. The molecule has 0 atom stereocenters. The van der Waals surface area contributed by atoms with Crippen LogP contribution in [-0.4, -0.2) is 24.2 Å². The summed E-state index contributed by atoms with van der Waals surface area (Å²) in [5.41, 5.74) is 0. The van der Waals surface area contributed by atoms with Gasteiger partial charge in [-0.15, -0.1) is 0 Å². The molecular formula is C7H12O4. The molecule has 0 amide bonds. The van der Waals surface area contributed by atoms with E-state index in [0.717, 1.165) is 12.8 Å². The summed E-state index contributed by atoms with van der Waals surface area (Å²) in [6.45, 7) is 0.792. The molecule has 0 aliphatic carbocycles. The predicted molar refractivity (Wildman–Crippen MR) is 38.1 cm³/mol. The van der Waals surface area contributed by atoms with E-state index in [1.54, 1.807) is 0 Å². The van der Waals surface area contributed by atoms with Crippen LogP contribution in [0.5, 0.6) is 0 Å². The minimum Gasteiger partial charge on any atom is -0.481 e. The summed E-state index contributed by atoms with van der Waals surface area (Å²) >= 11 is 0. The van der Waals surface area contributed by atoms with E-state index in [0.29, 0.717) is 19.5 Å². The molecule has 0 rings (SSSR count). The van der Waals surface area contributed by atoms with E-state index in [1.807, 2.05) is 0 Å². The molecule has 0 aromatic rings. The summed E-state index contributed by atoms with van der Waals surface area (Å²) in [6.07, 6.45) is 2.38. The summed E-state index contributed by atoms with van der Waals surface area (Å²) in [4.78, 5) is 19.6. The Hall–Kier alpha value is -1.06. The molecule has 0 radical (unpaired) electrons. The molecule has 0 aromatic carbocycles. The van der Waals surface area contributed by atoms with Gasteiger partial charge in [-0.3, -0.25) is 9.59 Å². The van der Waals surface area contributed by atoms with Gasteiger partial charge in [0.25, 0.3) is 6.47 Å². The van der Waals surface area contributed by atoms with Crippen molar-refractivity contribution in [3.8, 4) is 0 Å². The number of hydrogen-bond acceptors (Lipinski definition) is 3. The van der Waals surface area contributed by atoms with E-state index < -0.39 is 5.97 Å². The molecular weight excluding hydrogens is 148 g/mol. The highest BCUT2D eigenvalue weighted by atomic mass is 16.5. The summed E-state index contributed by atoms with van der Waals surface area (Å²) in [6, 6.07) is 0. The van der Waals surface area contributed by atoms with E-state index in [1.165, 1.54) is 0 Å². The molecule has 0 heterocycles. The number of carbonyl (C=O) groups is 2. The van der Waals surface area contributed by atoms with Crippen LogP contribution in [0.2, 0.25) is 0 Å². The SMILES string of the molecule is O=COCCCCCC(=O)O. The van der Waals surface area contributed by atoms with Crippen LogP contribution in [0.1, 0.15) is 25.7 Å². The van der Waals surface area contributed by atoms with Crippen LogP contribution in [-0.2, 0) is 14.3 Å². The minimum absolute atomic E-state index is 0.196. The summed E-state index contributed by atoms with van der Waals surface area (Å²) in [5, 5.41) is 8.23. The van der Waals surface area contributed by atoms with Gasteiger partial charge in [0.05, 0.1) is 6.61 Å². The quantitative estimate of drug-likeness (QED) is 0.442.